The second-order valence-electron chi connectivity index (χ2n) is 6.73. The molecular formula is C24H19FN2OS. The van der Waals surface area contributed by atoms with Gasteiger partial charge in [-0.15, -0.1) is 0 Å². The number of hydrogen-bond acceptors (Lipinski definition) is 3. The Labute approximate surface area is 173 Å². The summed E-state index contributed by atoms with van der Waals surface area (Å²) in [6.45, 7) is 2.05. The highest BCUT2D eigenvalue weighted by molar-refractivity contribution is 8.13. The lowest BCUT2D eigenvalue weighted by molar-refractivity contribution is -0.113. The molecule has 0 aliphatic carbocycles. The van der Waals surface area contributed by atoms with Crippen molar-refractivity contribution in [3.8, 4) is 0 Å². The van der Waals surface area contributed by atoms with Crippen LogP contribution in [-0.4, -0.2) is 11.1 Å². The van der Waals surface area contributed by atoms with E-state index in [9.17, 15) is 9.18 Å². The first-order valence-corrected chi connectivity index (χ1v) is 10.2. The fourth-order valence-corrected chi connectivity index (χ4v) is 4.02. The van der Waals surface area contributed by atoms with E-state index >= 15 is 0 Å². The van der Waals surface area contributed by atoms with Gasteiger partial charge in [0.05, 0.1) is 5.69 Å². The minimum Gasteiger partial charge on any atom is -0.266 e. The summed E-state index contributed by atoms with van der Waals surface area (Å²) in [6, 6.07) is 23.8. The highest BCUT2D eigenvalue weighted by Gasteiger charge is 2.32. The monoisotopic (exact) mass is 402 g/mol. The van der Waals surface area contributed by atoms with Crippen LogP contribution in [0.2, 0.25) is 0 Å². The Morgan fingerprint density at radius 3 is 2.48 bits per heavy atom. The Bertz CT molecular complexity index is 1090. The Balaban J connectivity index is 1.66. The zero-order valence-corrected chi connectivity index (χ0v) is 16.7. The topological polar surface area (TPSA) is 32.7 Å². The van der Waals surface area contributed by atoms with Crippen molar-refractivity contribution < 1.29 is 9.18 Å². The molecule has 0 bridgehead atoms. The zero-order chi connectivity index (χ0) is 20.2. The molecule has 0 saturated heterocycles. The standard InChI is InChI=1S/C24H19FN2OS/c1-17-6-5-9-19(14-17)16-29-24-26-22(15-18-7-3-2-4-8-18)23(28)27(24)21-12-10-20(25)11-13-21/h2-15H,16H2,1H3/b22-15-. The SMILES string of the molecule is Cc1cccc(CSC2=N/C(=C\c3ccccc3)C(=O)N2c2ccc(F)cc2)c1. The van der Waals surface area contributed by atoms with Gasteiger partial charge in [0, 0.05) is 5.75 Å². The lowest BCUT2D eigenvalue weighted by atomic mass is 10.2. The number of hydrogen-bond donors (Lipinski definition) is 0. The molecule has 0 fully saturated rings. The molecule has 29 heavy (non-hydrogen) atoms. The number of aliphatic imine (C=N–C) groups is 1. The smallest absolute Gasteiger partial charge is 0.266 e. The van der Waals surface area contributed by atoms with Crippen LogP contribution >= 0.6 is 11.8 Å². The Morgan fingerprint density at radius 1 is 1.00 bits per heavy atom. The van der Waals surface area contributed by atoms with Crippen LogP contribution < -0.4 is 4.90 Å². The van der Waals surface area contributed by atoms with E-state index in [4.69, 9.17) is 0 Å². The number of thioether (sulfide) groups is 1. The van der Waals surface area contributed by atoms with Gasteiger partial charge in [0.1, 0.15) is 11.5 Å². The number of aryl methyl sites for hydroxylation is 1. The quantitative estimate of drug-likeness (QED) is 0.516. The molecule has 0 radical (unpaired) electrons. The number of halogens is 1. The normalized spacial score (nSPS) is 15.1. The van der Waals surface area contributed by atoms with Crippen LogP contribution in [0.3, 0.4) is 0 Å². The zero-order valence-electron chi connectivity index (χ0n) is 15.9. The van der Waals surface area contributed by atoms with E-state index in [2.05, 4.69) is 30.1 Å². The molecule has 3 aromatic rings. The van der Waals surface area contributed by atoms with E-state index in [0.29, 0.717) is 22.3 Å². The molecule has 0 unspecified atom stereocenters. The van der Waals surface area contributed by atoms with E-state index in [1.807, 2.05) is 36.4 Å². The third-order valence-electron chi connectivity index (χ3n) is 4.47. The van der Waals surface area contributed by atoms with Crippen molar-refractivity contribution >= 4 is 34.6 Å². The average Bonchev–Trinajstić information content (AvgIpc) is 3.03. The predicted octanol–water partition coefficient (Wildman–Crippen LogP) is 5.81. The van der Waals surface area contributed by atoms with Crippen molar-refractivity contribution in [3.05, 3.63) is 107 Å². The maximum Gasteiger partial charge on any atom is 0.283 e. The fraction of sp³-hybridized carbons (Fsp3) is 0.0833. The Kier molecular flexibility index (Phi) is 5.58. The molecule has 0 saturated carbocycles. The van der Waals surface area contributed by atoms with Crippen LogP contribution in [0.25, 0.3) is 6.08 Å². The maximum absolute atomic E-state index is 13.4. The van der Waals surface area contributed by atoms with Crippen molar-refractivity contribution in [1.82, 2.24) is 0 Å². The van der Waals surface area contributed by atoms with E-state index in [0.717, 1.165) is 11.1 Å². The third-order valence-corrected chi connectivity index (χ3v) is 5.48. The molecule has 0 aromatic heterocycles. The van der Waals surface area contributed by atoms with Gasteiger partial charge < -0.3 is 0 Å². The highest BCUT2D eigenvalue weighted by atomic mass is 32.2. The molecule has 1 heterocycles. The molecule has 1 aliphatic heterocycles. The summed E-state index contributed by atoms with van der Waals surface area (Å²) in [4.78, 5) is 19.3. The molecule has 144 valence electrons. The van der Waals surface area contributed by atoms with Gasteiger partial charge in [0.15, 0.2) is 5.17 Å². The first-order valence-electron chi connectivity index (χ1n) is 9.24. The van der Waals surface area contributed by atoms with Crippen molar-refractivity contribution in [2.75, 3.05) is 4.90 Å². The Morgan fingerprint density at radius 2 is 1.76 bits per heavy atom. The maximum atomic E-state index is 13.4. The average molecular weight is 402 g/mol. The summed E-state index contributed by atoms with van der Waals surface area (Å²) < 4.78 is 13.4. The molecule has 0 spiro atoms. The van der Waals surface area contributed by atoms with E-state index in [-0.39, 0.29) is 11.7 Å². The number of benzene rings is 3. The molecule has 3 nitrogen and oxygen atoms in total. The van der Waals surface area contributed by atoms with Gasteiger partial charge in [-0.1, -0.05) is 71.9 Å². The molecule has 4 rings (SSSR count). The molecule has 1 amide bonds. The van der Waals surface area contributed by atoms with Crippen molar-refractivity contribution in [2.45, 2.75) is 12.7 Å². The van der Waals surface area contributed by atoms with Crippen molar-refractivity contribution in [1.29, 1.82) is 0 Å². The first kappa shape index (κ1) is 19.2. The lowest BCUT2D eigenvalue weighted by Gasteiger charge is -2.17. The van der Waals surface area contributed by atoms with Crippen LogP contribution in [-0.2, 0) is 10.5 Å². The molecule has 0 atom stereocenters. The third kappa shape index (κ3) is 4.46. The predicted molar refractivity (Wildman–Crippen MR) is 118 cm³/mol. The minimum absolute atomic E-state index is 0.216. The second kappa shape index (κ2) is 8.45. The Hall–Kier alpha value is -3.18. The molecule has 3 aromatic carbocycles. The minimum atomic E-state index is -0.341. The summed E-state index contributed by atoms with van der Waals surface area (Å²) in [7, 11) is 0. The molecule has 0 N–H and O–H groups in total. The van der Waals surface area contributed by atoms with Crippen molar-refractivity contribution in [2.24, 2.45) is 4.99 Å². The van der Waals surface area contributed by atoms with Crippen LogP contribution in [0, 0.1) is 12.7 Å². The number of amidine groups is 1. The van der Waals surface area contributed by atoms with Crippen LogP contribution in [0.4, 0.5) is 10.1 Å². The first-order chi connectivity index (χ1) is 14.1. The summed E-state index contributed by atoms with van der Waals surface area (Å²) in [5.41, 5.74) is 4.22. The van der Waals surface area contributed by atoms with Gasteiger partial charge in [0.2, 0.25) is 0 Å². The molecule has 1 aliphatic rings. The second-order valence-corrected chi connectivity index (χ2v) is 7.67. The molecule has 5 heteroatoms. The summed E-state index contributed by atoms with van der Waals surface area (Å²) in [5, 5.41) is 0.588. The fourth-order valence-electron chi connectivity index (χ4n) is 3.07. The lowest BCUT2D eigenvalue weighted by Crippen LogP contribution is -2.30. The van der Waals surface area contributed by atoms with Gasteiger partial charge in [0.25, 0.3) is 5.91 Å². The number of anilines is 1. The number of rotatable bonds is 4. The van der Waals surface area contributed by atoms with Gasteiger partial charge in [-0.3, -0.25) is 9.69 Å². The number of amides is 1. The number of nitrogens with zero attached hydrogens (tertiary/aromatic N) is 2. The summed E-state index contributed by atoms with van der Waals surface area (Å²) in [6.07, 6.45) is 1.78. The summed E-state index contributed by atoms with van der Waals surface area (Å²) >= 11 is 1.49. The molecular weight excluding hydrogens is 383 g/mol. The summed E-state index contributed by atoms with van der Waals surface area (Å²) in [5.74, 6) is 0.128. The van der Waals surface area contributed by atoms with E-state index < -0.39 is 0 Å². The van der Waals surface area contributed by atoms with E-state index in [1.165, 1.54) is 29.5 Å². The van der Waals surface area contributed by atoms with Gasteiger partial charge in [-0.05, 0) is 48.4 Å². The largest absolute Gasteiger partial charge is 0.283 e. The van der Waals surface area contributed by atoms with Crippen LogP contribution in [0.1, 0.15) is 16.7 Å². The van der Waals surface area contributed by atoms with Crippen LogP contribution in [0.15, 0.2) is 89.6 Å². The van der Waals surface area contributed by atoms with Crippen LogP contribution in [0.5, 0.6) is 0 Å². The number of carbonyl (C=O) groups is 1. The van der Waals surface area contributed by atoms with Crippen molar-refractivity contribution in [3.63, 3.8) is 0 Å². The van der Waals surface area contributed by atoms with E-state index in [1.54, 1.807) is 23.1 Å². The number of carbonyl (C=O) groups excluding carboxylic acids is 1. The highest BCUT2D eigenvalue weighted by Crippen LogP contribution is 2.31. The van der Waals surface area contributed by atoms with Gasteiger partial charge in [-0.2, -0.15) is 0 Å². The van der Waals surface area contributed by atoms with Gasteiger partial charge in [-0.25, -0.2) is 9.38 Å². The van der Waals surface area contributed by atoms with Gasteiger partial charge >= 0.3 is 0 Å².